The Morgan fingerprint density at radius 1 is 1.35 bits per heavy atom. The summed E-state index contributed by atoms with van der Waals surface area (Å²) in [6, 6.07) is 10.1. The Kier molecular flexibility index (Phi) is 4.91. The Morgan fingerprint density at radius 3 is 2.59 bits per heavy atom. The lowest BCUT2D eigenvalue weighted by molar-refractivity contribution is -0.896. The fraction of sp³-hybridized carbons (Fsp3) is 0.357. The molecule has 0 heterocycles. The van der Waals surface area contributed by atoms with E-state index in [1.54, 1.807) is 6.08 Å². The van der Waals surface area contributed by atoms with Gasteiger partial charge in [-0.25, -0.2) is 4.79 Å². The zero-order valence-electron chi connectivity index (χ0n) is 10.6. The Hall–Kier alpha value is -1.61. The maximum Gasteiger partial charge on any atom is 0.362 e. The van der Waals surface area contributed by atoms with Crippen LogP contribution in [0.25, 0.3) is 0 Å². The summed E-state index contributed by atoms with van der Waals surface area (Å²) in [4.78, 5) is 11.5. The highest BCUT2D eigenvalue weighted by Gasteiger charge is 2.21. The van der Waals surface area contributed by atoms with Gasteiger partial charge in [-0.15, -0.1) is 0 Å². The summed E-state index contributed by atoms with van der Waals surface area (Å²) in [5.74, 6) is -0.189. The number of hydrogen-bond donors (Lipinski definition) is 0. The van der Waals surface area contributed by atoms with Crippen molar-refractivity contribution in [2.75, 3.05) is 27.2 Å². The molecule has 1 aromatic rings. The molecule has 3 heteroatoms. The number of quaternary nitrogens is 1. The molecule has 0 radical (unpaired) electrons. The van der Waals surface area contributed by atoms with Crippen LogP contribution in [0.2, 0.25) is 0 Å². The number of hydrogen-bond acceptors (Lipinski definition) is 2. The van der Waals surface area contributed by atoms with Gasteiger partial charge in [-0.2, -0.15) is 0 Å². The highest BCUT2D eigenvalue weighted by Crippen LogP contribution is 2.08. The van der Waals surface area contributed by atoms with E-state index in [0.717, 1.165) is 6.54 Å². The Balaban J connectivity index is 2.51. The maximum absolute atomic E-state index is 11.5. The lowest BCUT2D eigenvalue weighted by atomic mass is 10.2. The van der Waals surface area contributed by atoms with E-state index in [1.807, 2.05) is 32.3 Å². The summed E-state index contributed by atoms with van der Waals surface area (Å²) in [6.45, 7) is 4.97. The summed E-state index contributed by atoms with van der Waals surface area (Å²) in [5, 5.41) is 0. The average Bonchev–Trinajstić information content (AvgIpc) is 2.26. The second-order valence-electron chi connectivity index (χ2n) is 4.71. The van der Waals surface area contributed by atoms with Crippen LogP contribution in [-0.2, 0) is 16.1 Å². The summed E-state index contributed by atoms with van der Waals surface area (Å²) in [7, 11) is 4.03. The van der Waals surface area contributed by atoms with Crippen molar-refractivity contribution in [1.29, 1.82) is 0 Å². The van der Waals surface area contributed by atoms with Crippen LogP contribution in [0.4, 0.5) is 0 Å². The lowest BCUT2D eigenvalue weighted by Gasteiger charge is -2.28. The average molecular weight is 234 g/mol. The Labute approximate surface area is 103 Å². The number of rotatable bonds is 6. The summed E-state index contributed by atoms with van der Waals surface area (Å²) < 4.78 is 5.58. The number of ether oxygens (including phenoxy) is 1. The van der Waals surface area contributed by atoms with Gasteiger partial charge in [0.15, 0.2) is 6.54 Å². The van der Waals surface area contributed by atoms with Crippen molar-refractivity contribution in [3.63, 3.8) is 0 Å². The lowest BCUT2D eigenvalue weighted by Crippen LogP contribution is -2.43. The highest BCUT2D eigenvalue weighted by atomic mass is 16.5. The number of carbonyl (C=O) groups excluding carboxylic acids is 1. The predicted molar refractivity (Wildman–Crippen MR) is 68.3 cm³/mol. The third-order valence-corrected chi connectivity index (χ3v) is 2.37. The van der Waals surface area contributed by atoms with Crippen LogP contribution in [0.3, 0.4) is 0 Å². The fourth-order valence-electron chi connectivity index (χ4n) is 1.68. The van der Waals surface area contributed by atoms with E-state index in [-0.39, 0.29) is 12.6 Å². The SMILES string of the molecule is C=CCOC(=O)C[N+](C)(C)Cc1ccccc1. The van der Waals surface area contributed by atoms with E-state index in [2.05, 4.69) is 18.7 Å². The molecular weight excluding hydrogens is 214 g/mol. The van der Waals surface area contributed by atoms with E-state index in [0.29, 0.717) is 11.0 Å². The molecule has 3 nitrogen and oxygen atoms in total. The van der Waals surface area contributed by atoms with E-state index in [9.17, 15) is 4.79 Å². The van der Waals surface area contributed by atoms with Crippen LogP contribution in [0.1, 0.15) is 5.56 Å². The molecule has 0 saturated heterocycles. The van der Waals surface area contributed by atoms with Crippen molar-refractivity contribution in [3.8, 4) is 0 Å². The number of carbonyl (C=O) groups is 1. The van der Waals surface area contributed by atoms with Gasteiger partial charge in [0.25, 0.3) is 0 Å². The van der Waals surface area contributed by atoms with Gasteiger partial charge in [-0.05, 0) is 0 Å². The van der Waals surface area contributed by atoms with Crippen LogP contribution in [0, 0.1) is 0 Å². The summed E-state index contributed by atoms with van der Waals surface area (Å²) in [6.07, 6.45) is 1.58. The minimum atomic E-state index is -0.189. The van der Waals surface area contributed by atoms with Gasteiger partial charge in [-0.3, -0.25) is 0 Å². The van der Waals surface area contributed by atoms with E-state index < -0.39 is 0 Å². The van der Waals surface area contributed by atoms with Crippen LogP contribution in [0.5, 0.6) is 0 Å². The first-order valence-corrected chi connectivity index (χ1v) is 5.66. The molecule has 0 atom stereocenters. The first kappa shape index (κ1) is 13.5. The first-order valence-electron chi connectivity index (χ1n) is 5.66. The Bertz CT molecular complexity index is 371. The molecule has 0 unspecified atom stereocenters. The predicted octanol–water partition coefficient (Wildman–Crippen LogP) is 1.99. The van der Waals surface area contributed by atoms with Crippen LogP contribution in [0.15, 0.2) is 43.0 Å². The molecule has 92 valence electrons. The molecule has 0 aliphatic heterocycles. The monoisotopic (exact) mass is 234 g/mol. The third-order valence-electron chi connectivity index (χ3n) is 2.37. The van der Waals surface area contributed by atoms with Gasteiger partial charge < -0.3 is 9.22 Å². The molecule has 1 rings (SSSR count). The Morgan fingerprint density at radius 2 is 2.00 bits per heavy atom. The third kappa shape index (κ3) is 5.31. The highest BCUT2D eigenvalue weighted by molar-refractivity contribution is 5.70. The van der Waals surface area contributed by atoms with E-state index >= 15 is 0 Å². The number of likely N-dealkylation sites (N-methyl/N-ethyl adjacent to an activating group) is 1. The second kappa shape index (κ2) is 6.21. The van der Waals surface area contributed by atoms with Gasteiger partial charge in [-0.1, -0.05) is 43.0 Å². The summed E-state index contributed by atoms with van der Waals surface area (Å²) >= 11 is 0. The molecule has 1 aromatic carbocycles. The standard InChI is InChI=1S/C14H20NO2/c1-4-10-17-14(16)12-15(2,3)11-13-8-6-5-7-9-13/h4-9H,1,10-12H2,2-3H3/q+1. The minimum Gasteiger partial charge on any atom is -0.457 e. The van der Waals surface area contributed by atoms with Crippen molar-refractivity contribution >= 4 is 5.97 Å². The van der Waals surface area contributed by atoms with Crippen molar-refractivity contribution < 1.29 is 14.0 Å². The number of esters is 1. The van der Waals surface area contributed by atoms with Crippen LogP contribution < -0.4 is 0 Å². The molecule has 0 saturated carbocycles. The van der Waals surface area contributed by atoms with Gasteiger partial charge in [0, 0.05) is 5.56 Å². The van der Waals surface area contributed by atoms with Gasteiger partial charge in [0.05, 0.1) is 14.1 Å². The maximum atomic E-state index is 11.5. The molecular formula is C14H20NO2+. The van der Waals surface area contributed by atoms with Crippen molar-refractivity contribution in [2.24, 2.45) is 0 Å². The molecule has 0 amide bonds. The molecule has 0 aromatic heterocycles. The molecule has 0 bridgehead atoms. The zero-order valence-corrected chi connectivity index (χ0v) is 10.6. The van der Waals surface area contributed by atoms with E-state index in [1.165, 1.54) is 5.56 Å². The number of nitrogens with zero attached hydrogens (tertiary/aromatic N) is 1. The second-order valence-corrected chi connectivity index (χ2v) is 4.71. The first-order chi connectivity index (χ1) is 8.03. The molecule has 0 N–H and O–H groups in total. The van der Waals surface area contributed by atoms with Crippen LogP contribution in [-0.4, -0.2) is 37.7 Å². The zero-order chi connectivity index (χ0) is 12.7. The number of benzene rings is 1. The van der Waals surface area contributed by atoms with Gasteiger partial charge in [0.1, 0.15) is 13.2 Å². The normalized spacial score (nSPS) is 10.9. The topological polar surface area (TPSA) is 26.3 Å². The van der Waals surface area contributed by atoms with Crippen LogP contribution >= 0.6 is 0 Å². The molecule has 17 heavy (non-hydrogen) atoms. The fourth-order valence-corrected chi connectivity index (χ4v) is 1.68. The molecule has 0 aliphatic rings. The smallest absolute Gasteiger partial charge is 0.362 e. The largest absolute Gasteiger partial charge is 0.457 e. The molecule has 0 fully saturated rings. The quantitative estimate of drug-likeness (QED) is 0.427. The van der Waals surface area contributed by atoms with Crippen molar-refractivity contribution in [2.45, 2.75) is 6.54 Å². The minimum absolute atomic E-state index is 0.189. The molecule has 0 spiro atoms. The van der Waals surface area contributed by atoms with E-state index in [4.69, 9.17) is 4.74 Å². The summed E-state index contributed by atoms with van der Waals surface area (Å²) in [5.41, 5.74) is 1.22. The van der Waals surface area contributed by atoms with Gasteiger partial charge >= 0.3 is 5.97 Å². The van der Waals surface area contributed by atoms with Crippen molar-refractivity contribution in [3.05, 3.63) is 48.6 Å². The molecule has 0 aliphatic carbocycles. The van der Waals surface area contributed by atoms with Crippen molar-refractivity contribution in [1.82, 2.24) is 0 Å². The van der Waals surface area contributed by atoms with Gasteiger partial charge in [0.2, 0.25) is 0 Å².